The Morgan fingerprint density at radius 3 is 1.82 bits per heavy atom. The maximum atomic E-state index is 12.5. The van der Waals surface area contributed by atoms with Crippen LogP contribution in [0.4, 0.5) is 22.7 Å². The second-order valence-electron chi connectivity index (χ2n) is 10.8. The van der Waals surface area contributed by atoms with Gasteiger partial charge in [-0.15, -0.1) is 0 Å². The van der Waals surface area contributed by atoms with Crippen molar-refractivity contribution < 1.29 is 9.59 Å². The maximum Gasteiger partial charge on any atom is 0.253 e. The van der Waals surface area contributed by atoms with Crippen molar-refractivity contribution in [2.75, 3.05) is 10.6 Å². The number of anilines is 2. The van der Waals surface area contributed by atoms with Crippen molar-refractivity contribution in [1.29, 1.82) is 0 Å². The Hall–Kier alpha value is -4.35. The van der Waals surface area contributed by atoms with Gasteiger partial charge in [0.25, 0.3) is 11.8 Å². The molecule has 3 N–H and O–H groups in total. The number of hydrogen-bond acceptors (Lipinski definition) is 6. The predicted molar refractivity (Wildman–Crippen MR) is 152 cm³/mol. The molecule has 0 aliphatic carbocycles. The van der Waals surface area contributed by atoms with Crippen molar-refractivity contribution in [3.63, 3.8) is 0 Å². The number of carbonyl (C=O) groups is 2. The van der Waals surface area contributed by atoms with Crippen molar-refractivity contribution in [3.05, 3.63) is 71.4 Å². The summed E-state index contributed by atoms with van der Waals surface area (Å²) in [5.74, 6) is -0.270. The molecule has 3 atom stereocenters. The lowest BCUT2D eigenvalue weighted by atomic mass is 9.99. The van der Waals surface area contributed by atoms with E-state index < -0.39 is 19.2 Å². The van der Waals surface area contributed by atoms with Crippen LogP contribution in [0.1, 0.15) is 26.7 Å². The fourth-order valence-corrected chi connectivity index (χ4v) is 5.07. The van der Waals surface area contributed by atoms with E-state index in [1.807, 2.05) is 6.92 Å². The SMILES string of the molecule is [C-]#[N+]c1ccc(NC(=O)C2(C)CC([Si](C)(C)C)N=N2)cc1.[C-]#[N+]c1ccc(NC(=O)C2(C)CC=NN2)cc1. The van der Waals surface area contributed by atoms with Crippen LogP contribution in [0.5, 0.6) is 0 Å². The van der Waals surface area contributed by atoms with Crippen molar-refractivity contribution in [1.82, 2.24) is 5.43 Å². The van der Waals surface area contributed by atoms with Gasteiger partial charge in [0.15, 0.2) is 16.9 Å². The molecule has 38 heavy (non-hydrogen) atoms. The van der Waals surface area contributed by atoms with Gasteiger partial charge in [-0.05, 0) is 38.1 Å². The molecule has 0 fully saturated rings. The zero-order valence-corrected chi connectivity index (χ0v) is 23.2. The molecule has 3 unspecified atom stereocenters. The quantitative estimate of drug-likeness (QED) is 0.329. The molecule has 0 saturated heterocycles. The van der Waals surface area contributed by atoms with Crippen molar-refractivity contribution in [2.45, 2.75) is 63.1 Å². The van der Waals surface area contributed by atoms with E-state index in [0.29, 0.717) is 35.6 Å². The molecule has 11 heteroatoms. The lowest BCUT2D eigenvalue weighted by Gasteiger charge is -2.24. The van der Waals surface area contributed by atoms with Crippen LogP contribution in [-0.2, 0) is 9.59 Å². The number of azo groups is 1. The molecular formula is C27H32N8O2Si. The lowest BCUT2D eigenvalue weighted by molar-refractivity contribution is -0.121. The minimum absolute atomic E-state index is 0.134. The van der Waals surface area contributed by atoms with Crippen LogP contribution >= 0.6 is 0 Å². The summed E-state index contributed by atoms with van der Waals surface area (Å²) in [6, 6.07) is 13.6. The summed E-state index contributed by atoms with van der Waals surface area (Å²) in [4.78, 5) is 31.0. The molecule has 2 heterocycles. The highest BCUT2D eigenvalue weighted by Gasteiger charge is 2.44. The van der Waals surface area contributed by atoms with Gasteiger partial charge in [-0.2, -0.15) is 15.3 Å². The van der Waals surface area contributed by atoms with Crippen molar-refractivity contribution >= 4 is 48.9 Å². The number of nitrogens with zero attached hydrogens (tertiary/aromatic N) is 5. The topological polar surface area (TPSA) is 116 Å². The van der Waals surface area contributed by atoms with Gasteiger partial charge >= 0.3 is 0 Å². The molecule has 2 amide bonds. The Morgan fingerprint density at radius 2 is 1.42 bits per heavy atom. The maximum absolute atomic E-state index is 12.5. The molecule has 0 aromatic heterocycles. The van der Waals surface area contributed by atoms with Gasteiger partial charge in [0, 0.05) is 30.4 Å². The van der Waals surface area contributed by atoms with E-state index >= 15 is 0 Å². The van der Waals surface area contributed by atoms with Gasteiger partial charge in [0.1, 0.15) is 5.54 Å². The van der Waals surface area contributed by atoms with E-state index in [0.717, 1.165) is 0 Å². The summed E-state index contributed by atoms with van der Waals surface area (Å²) in [7, 11) is -1.44. The Balaban J connectivity index is 0.000000215. The van der Waals surface area contributed by atoms with Crippen LogP contribution in [0.2, 0.25) is 19.6 Å². The normalized spacial score (nSPS) is 23.3. The average Bonchev–Trinajstić information content (AvgIpc) is 3.53. The van der Waals surface area contributed by atoms with Crippen LogP contribution in [0.25, 0.3) is 9.69 Å². The van der Waals surface area contributed by atoms with E-state index in [9.17, 15) is 9.59 Å². The third kappa shape index (κ3) is 6.90. The third-order valence-corrected chi connectivity index (χ3v) is 8.73. The highest BCUT2D eigenvalue weighted by molar-refractivity contribution is 6.77. The Bertz CT molecular complexity index is 1310. The number of amides is 2. The summed E-state index contributed by atoms with van der Waals surface area (Å²) in [5, 5.41) is 18.1. The largest absolute Gasteiger partial charge is 0.324 e. The van der Waals surface area contributed by atoms with E-state index in [2.05, 4.69) is 60.7 Å². The zero-order valence-electron chi connectivity index (χ0n) is 22.2. The third-order valence-electron chi connectivity index (χ3n) is 6.41. The van der Waals surface area contributed by atoms with E-state index in [1.165, 1.54) is 0 Å². The van der Waals surface area contributed by atoms with Gasteiger partial charge in [-0.25, -0.2) is 9.69 Å². The Kier molecular flexibility index (Phi) is 8.44. The zero-order chi connectivity index (χ0) is 28.0. The first-order chi connectivity index (χ1) is 17.9. The predicted octanol–water partition coefficient (Wildman–Crippen LogP) is 5.95. The molecule has 0 radical (unpaired) electrons. The van der Waals surface area contributed by atoms with Gasteiger partial charge in [-0.3, -0.25) is 15.0 Å². The monoisotopic (exact) mass is 528 g/mol. The number of hydrazone groups is 1. The first kappa shape index (κ1) is 28.2. The van der Waals surface area contributed by atoms with Crippen molar-refractivity contribution in [3.8, 4) is 0 Å². The fraction of sp³-hybridized carbons (Fsp3) is 0.370. The first-order valence-corrected chi connectivity index (χ1v) is 15.7. The molecule has 0 bridgehead atoms. The van der Waals surface area contributed by atoms with Crippen LogP contribution in [0, 0.1) is 13.1 Å². The van der Waals surface area contributed by atoms with Crippen LogP contribution in [0.15, 0.2) is 63.9 Å². The van der Waals surface area contributed by atoms with E-state index in [4.69, 9.17) is 13.1 Å². The first-order valence-electron chi connectivity index (χ1n) is 12.2. The molecule has 2 aromatic carbocycles. The van der Waals surface area contributed by atoms with Crippen LogP contribution < -0.4 is 16.1 Å². The van der Waals surface area contributed by atoms with Gasteiger partial charge in [0.2, 0.25) is 0 Å². The molecule has 10 nitrogen and oxygen atoms in total. The standard InChI is InChI=1S/C15H20N4OSi.C12H12N4O/c1-15(10-13(18-19-15)21(3,4)5)14(20)17-12-8-6-11(16-2)7-9-12;1-12(7-8-14-16-12)11(17)15-10-5-3-9(13-2)4-6-10/h6-9,13H,10H2,1,3-5H3,(H,17,20);3-6,8,16H,7H2,1H3,(H,15,17). The molecule has 0 saturated carbocycles. The number of hydrogen-bond donors (Lipinski definition) is 3. The summed E-state index contributed by atoms with van der Waals surface area (Å²) >= 11 is 0. The highest BCUT2D eigenvalue weighted by Crippen LogP contribution is 2.33. The summed E-state index contributed by atoms with van der Waals surface area (Å²) < 4.78 is 0. The molecule has 2 aliphatic heterocycles. The molecular weight excluding hydrogens is 496 g/mol. The summed E-state index contributed by atoms with van der Waals surface area (Å²) in [6.07, 6.45) is 2.93. The molecule has 0 spiro atoms. The van der Waals surface area contributed by atoms with Crippen LogP contribution in [0.3, 0.4) is 0 Å². The molecule has 4 rings (SSSR count). The average molecular weight is 529 g/mol. The van der Waals surface area contributed by atoms with E-state index in [1.54, 1.807) is 61.7 Å². The second-order valence-corrected chi connectivity index (χ2v) is 16.2. The number of nitrogens with one attached hydrogen (secondary N) is 3. The highest BCUT2D eigenvalue weighted by atomic mass is 28.3. The minimum Gasteiger partial charge on any atom is -0.324 e. The number of carbonyl (C=O) groups excluding carboxylic acids is 2. The number of benzene rings is 2. The molecule has 2 aliphatic rings. The second kappa shape index (κ2) is 11.4. The van der Waals surface area contributed by atoms with Crippen molar-refractivity contribution in [2.24, 2.45) is 15.3 Å². The number of rotatable bonds is 5. The van der Waals surface area contributed by atoms with E-state index in [-0.39, 0.29) is 17.5 Å². The summed E-state index contributed by atoms with van der Waals surface area (Å²) in [6.45, 7) is 24.1. The summed E-state index contributed by atoms with van der Waals surface area (Å²) in [5.41, 5.74) is 3.97. The van der Waals surface area contributed by atoms with Gasteiger partial charge in [-0.1, -0.05) is 43.9 Å². The molecule has 196 valence electrons. The Morgan fingerprint density at radius 1 is 0.921 bits per heavy atom. The van der Waals surface area contributed by atoms with Crippen LogP contribution in [-0.4, -0.2) is 42.8 Å². The van der Waals surface area contributed by atoms with Gasteiger partial charge < -0.3 is 10.6 Å². The molecule has 2 aromatic rings. The minimum atomic E-state index is -1.44. The smallest absolute Gasteiger partial charge is 0.253 e. The van der Waals surface area contributed by atoms with Gasteiger partial charge in [0.05, 0.1) is 26.9 Å². The fourth-order valence-electron chi connectivity index (χ4n) is 3.65. The lowest BCUT2D eigenvalue weighted by Crippen LogP contribution is -2.47. The Labute approximate surface area is 224 Å².